The van der Waals surface area contributed by atoms with E-state index in [1.807, 2.05) is 30.1 Å². The molecule has 3 aromatic rings. The molecule has 8 heteroatoms. The molecule has 0 spiro atoms. The van der Waals surface area contributed by atoms with E-state index in [9.17, 15) is 9.59 Å². The van der Waals surface area contributed by atoms with Crippen molar-refractivity contribution in [2.75, 3.05) is 6.54 Å². The minimum atomic E-state index is -0.360. The highest BCUT2D eigenvalue weighted by molar-refractivity contribution is 5.71. The Bertz CT molecular complexity index is 1270. The van der Waals surface area contributed by atoms with Crippen molar-refractivity contribution >= 4 is 11.2 Å². The van der Waals surface area contributed by atoms with Crippen LogP contribution in [0.3, 0.4) is 0 Å². The third kappa shape index (κ3) is 3.50. The first-order chi connectivity index (χ1) is 15.0. The summed E-state index contributed by atoms with van der Waals surface area (Å²) in [5.74, 6) is 0.816. The van der Waals surface area contributed by atoms with Crippen molar-refractivity contribution in [1.29, 1.82) is 0 Å². The molecule has 0 aromatic carbocycles. The van der Waals surface area contributed by atoms with E-state index in [2.05, 4.69) is 43.6 Å². The molecule has 32 heavy (non-hydrogen) atoms. The Labute approximate surface area is 188 Å². The third-order valence-corrected chi connectivity index (χ3v) is 7.05. The van der Waals surface area contributed by atoms with Crippen molar-refractivity contribution in [3.8, 4) is 0 Å². The predicted octanol–water partition coefficient (Wildman–Crippen LogP) is 2.65. The summed E-state index contributed by atoms with van der Waals surface area (Å²) in [5.41, 5.74) is 1.07. The van der Waals surface area contributed by atoms with Crippen molar-refractivity contribution < 1.29 is 0 Å². The van der Waals surface area contributed by atoms with Gasteiger partial charge in [-0.05, 0) is 51.3 Å². The lowest BCUT2D eigenvalue weighted by molar-refractivity contribution is 0.0754. The second kappa shape index (κ2) is 7.69. The van der Waals surface area contributed by atoms with Gasteiger partial charge in [0.2, 0.25) is 0 Å². The van der Waals surface area contributed by atoms with Gasteiger partial charge < -0.3 is 4.57 Å². The van der Waals surface area contributed by atoms with Gasteiger partial charge in [-0.2, -0.15) is 0 Å². The molecule has 4 heterocycles. The molecule has 0 N–H and O–H groups in total. The van der Waals surface area contributed by atoms with Crippen LogP contribution in [0.2, 0.25) is 0 Å². The minimum Gasteiger partial charge on any atom is -0.325 e. The lowest BCUT2D eigenvalue weighted by Crippen LogP contribution is -2.47. The van der Waals surface area contributed by atoms with Crippen molar-refractivity contribution in [3.05, 3.63) is 56.8 Å². The van der Waals surface area contributed by atoms with Crippen LogP contribution >= 0.6 is 0 Å². The van der Waals surface area contributed by atoms with E-state index in [4.69, 9.17) is 4.98 Å². The molecule has 0 amide bonds. The van der Waals surface area contributed by atoms with Gasteiger partial charge in [0.25, 0.3) is 5.56 Å². The molecule has 8 nitrogen and oxygen atoms in total. The van der Waals surface area contributed by atoms with Crippen LogP contribution in [0.25, 0.3) is 11.2 Å². The van der Waals surface area contributed by atoms with E-state index in [0.717, 1.165) is 36.2 Å². The Morgan fingerprint density at radius 2 is 1.78 bits per heavy atom. The van der Waals surface area contributed by atoms with Crippen molar-refractivity contribution in [2.24, 2.45) is 21.1 Å². The summed E-state index contributed by atoms with van der Waals surface area (Å²) in [6.07, 6.45) is 6.93. The summed E-state index contributed by atoms with van der Waals surface area (Å²) in [5, 5.41) is 0. The summed E-state index contributed by atoms with van der Waals surface area (Å²) in [4.78, 5) is 37.0. The van der Waals surface area contributed by atoms with Crippen LogP contribution in [-0.2, 0) is 26.6 Å². The number of aryl methyl sites for hydroxylation is 2. The zero-order chi connectivity index (χ0) is 23.4. The lowest BCUT2D eigenvalue weighted by atomic mass is 9.78. The van der Waals surface area contributed by atoms with E-state index in [0.29, 0.717) is 17.2 Å². The van der Waals surface area contributed by atoms with Gasteiger partial charge >= 0.3 is 5.69 Å². The summed E-state index contributed by atoms with van der Waals surface area (Å²) >= 11 is 0. The van der Waals surface area contributed by atoms with Crippen molar-refractivity contribution in [3.63, 3.8) is 0 Å². The molecule has 1 saturated heterocycles. The standard InChI is InChI=1S/C24H34N6O2/c1-23(2,21-26-19-18(27(21)5)20(31)29(7)22(32)28(19)6)15-24(3,4)30-13-9-11-17(30)16-10-8-12-25-14-16/h8,10,12,14,17H,9,11,13,15H2,1-7H3. The smallest absolute Gasteiger partial charge is 0.325 e. The summed E-state index contributed by atoms with van der Waals surface area (Å²) < 4.78 is 4.48. The molecule has 0 radical (unpaired) electrons. The Kier molecular flexibility index (Phi) is 5.40. The minimum absolute atomic E-state index is 0.102. The molecule has 4 rings (SSSR count). The number of nitrogens with zero attached hydrogens (tertiary/aromatic N) is 6. The Hall–Kier alpha value is -2.74. The number of likely N-dealkylation sites (tertiary alicyclic amines) is 1. The summed E-state index contributed by atoms with van der Waals surface area (Å²) in [6, 6.07) is 4.52. The third-order valence-electron chi connectivity index (χ3n) is 7.05. The van der Waals surface area contributed by atoms with E-state index < -0.39 is 0 Å². The monoisotopic (exact) mass is 438 g/mol. The Balaban J connectivity index is 1.73. The molecular weight excluding hydrogens is 404 g/mol. The van der Waals surface area contributed by atoms with Crippen molar-refractivity contribution in [1.82, 2.24) is 28.6 Å². The largest absolute Gasteiger partial charge is 0.332 e. The first-order valence-electron chi connectivity index (χ1n) is 11.3. The highest BCUT2D eigenvalue weighted by atomic mass is 16.2. The number of rotatable bonds is 5. The van der Waals surface area contributed by atoms with Gasteiger partial charge in [0.05, 0.1) is 0 Å². The van der Waals surface area contributed by atoms with Crippen LogP contribution in [-0.4, -0.2) is 40.7 Å². The van der Waals surface area contributed by atoms with Gasteiger partial charge in [-0.25, -0.2) is 9.78 Å². The molecule has 172 valence electrons. The van der Waals surface area contributed by atoms with Crippen LogP contribution in [0.5, 0.6) is 0 Å². The average Bonchev–Trinajstić information content (AvgIpc) is 3.36. The number of hydrogen-bond acceptors (Lipinski definition) is 5. The zero-order valence-corrected chi connectivity index (χ0v) is 20.2. The molecule has 1 unspecified atom stereocenters. The second-order valence-electron chi connectivity index (χ2n) is 10.4. The van der Waals surface area contributed by atoms with Crippen LogP contribution in [0.15, 0.2) is 34.1 Å². The molecule has 1 aliphatic rings. The van der Waals surface area contributed by atoms with Gasteiger partial charge in [-0.1, -0.05) is 19.9 Å². The number of fused-ring (bicyclic) bond motifs is 1. The normalized spacial score (nSPS) is 18.0. The molecule has 1 atom stereocenters. The van der Waals surface area contributed by atoms with Gasteiger partial charge in [0.1, 0.15) is 5.82 Å². The number of pyridine rings is 1. The maximum atomic E-state index is 12.8. The summed E-state index contributed by atoms with van der Waals surface area (Å²) in [7, 11) is 5.05. The fraction of sp³-hybridized carbons (Fsp3) is 0.583. The molecule has 3 aromatic heterocycles. The van der Waals surface area contributed by atoms with Crippen LogP contribution in [0, 0.1) is 0 Å². The SMILES string of the molecule is Cn1c(=O)c2c(nc(C(C)(C)CC(C)(C)N3CCCC3c3cccnc3)n2C)n(C)c1=O. The number of hydrogen-bond donors (Lipinski definition) is 0. The predicted molar refractivity (Wildman–Crippen MR) is 126 cm³/mol. The van der Waals surface area contributed by atoms with Gasteiger partial charge in [0.15, 0.2) is 11.2 Å². The van der Waals surface area contributed by atoms with Crippen LogP contribution in [0.4, 0.5) is 0 Å². The molecule has 0 aliphatic carbocycles. The molecule has 1 fully saturated rings. The quantitative estimate of drug-likeness (QED) is 0.612. The van der Waals surface area contributed by atoms with E-state index in [1.165, 1.54) is 17.2 Å². The van der Waals surface area contributed by atoms with Gasteiger partial charge in [0, 0.05) is 50.5 Å². The van der Waals surface area contributed by atoms with Gasteiger partial charge in [-0.15, -0.1) is 0 Å². The van der Waals surface area contributed by atoms with E-state index in [1.54, 1.807) is 7.05 Å². The molecule has 1 aliphatic heterocycles. The maximum absolute atomic E-state index is 12.8. The number of imidazole rings is 1. The first-order valence-corrected chi connectivity index (χ1v) is 11.3. The topological polar surface area (TPSA) is 78.0 Å². The fourth-order valence-electron chi connectivity index (χ4n) is 5.80. The first kappa shape index (κ1) is 22.5. The Morgan fingerprint density at radius 1 is 1.06 bits per heavy atom. The average molecular weight is 439 g/mol. The van der Waals surface area contributed by atoms with Crippen LogP contribution in [0.1, 0.15) is 64.4 Å². The van der Waals surface area contributed by atoms with Gasteiger partial charge in [-0.3, -0.25) is 23.8 Å². The molecular formula is C24H34N6O2. The highest BCUT2D eigenvalue weighted by Gasteiger charge is 2.42. The maximum Gasteiger partial charge on any atom is 0.332 e. The summed E-state index contributed by atoms with van der Waals surface area (Å²) in [6.45, 7) is 9.98. The highest BCUT2D eigenvalue weighted by Crippen LogP contribution is 2.42. The molecule has 0 saturated carbocycles. The van der Waals surface area contributed by atoms with Crippen molar-refractivity contribution in [2.45, 2.75) is 64.0 Å². The molecule has 0 bridgehead atoms. The second-order valence-corrected chi connectivity index (χ2v) is 10.4. The van der Waals surface area contributed by atoms with Crippen LogP contribution < -0.4 is 11.2 Å². The Morgan fingerprint density at radius 3 is 2.44 bits per heavy atom. The number of aromatic nitrogens is 5. The van der Waals surface area contributed by atoms with E-state index in [-0.39, 0.29) is 22.2 Å². The lowest BCUT2D eigenvalue weighted by Gasteiger charge is -2.44. The fourth-order valence-corrected chi connectivity index (χ4v) is 5.80. The van der Waals surface area contributed by atoms with E-state index >= 15 is 0 Å². The zero-order valence-electron chi connectivity index (χ0n) is 20.2.